The summed E-state index contributed by atoms with van der Waals surface area (Å²) < 4.78 is 0. The van der Waals surface area contributed by atoms with Gasteiger partial charge in [0.1, 0.15) is 0 Å². The van der Waals surface area contributed by atoms with Crippen LogP contribution in [-0.2, 0) is 0 Å². The number of nitrogens with zero attached hydrogens (tertiary/aromatic N) is 1. The van der Waals surface area contributed by atoms with Gasteiger partial charge in [0.2, 0.25) is 0 Å². The summed E-state index contributed by atoms with van der Waals surface area (Å²) in [6, 6.07) is 2.17. The first kappa shape index (κ1) is 12.0. The van der Waals surface area contributed by atoms with Crippen molar-refractivity contribution in [3.8, 4) is 6.07 Å². The Morgan fingerprint density at radius 3 is 2.46 bits per heavy atom. The Bertz CT molecular complexity index is 230. The van der Waals surface area contributed by atoms with Gasteiger partial charge in [-0.2, -0.15) is 5.26 Å². The Morgan fingerprint density at radius 2 is 1.92 bits per heavy atom. The lowest BCUT2D eigenvalue weighted by Gasteiger charge is -2.06. The molecule has 0 bridgehead atoms. The predicted octanol–water partition coefficient (Wildman–Crippen LogP) is 3.69. The minimum Gasteiger partial charge on any atom is -0.192 e. The van der Waals surface area contributed by atoms with Crippen molar-refractivity contribution in [3.63, 3.8) is 0 Å². The third-order valence-corrected chi connectivity index (χ3v) is 1.94. The smallest absolute Gasteiger partial charge is 0.0988 e. The molecule has 0 saturated heterocycles. The molecule has 1 aliphatic rings. The van der Waals surface area contributed by atoms with Crippen LogP contribution >= 0.6 is 0 Å². The van der Waals surface area contributed by atoms with E-state index in [-0.39, 0.29) is 0 Å². The van der Waals surface area contributed by atoms with Gasteiger partial charge in [0.25, 0.3) is 0 Å². The van der Waals surface area contributed by atoms with Gasteiger partial charge in [0.15, 0.2) is 0 Å². The zero-order chi connectivity index (χ0) is 10.3. The lowest BCUT2D eigenvalue weighted by molar-refractivity contribution is 0.548. The largest absolute Gasteiger partial charge is 0.192 e. The third-order valence-electron chi connectivity index (χ3n) is 1.94. The second-order valence-corrected chi connectivity index (χ2v) is 3.28. The summed E-state index contributed by atoms with van der Waals surface area (Å²) in [7, 11) is 0. The summed E-state index contributed by atoms with van der Waals surface area (Å²) in [5, 5.41) is 8.65. The molecule has 0 N–H and O–H groups in total. The predicted molar refractivity (Wildman–Crippen MR) is 57.1 cm³/mol. The Labute approximate surface area is 81.8 Å². The van der Waals surface area contributed by atoms with Crippen LogP contribution in [0.1, 0.15) is 34.1 Å². The van der Waals surface area contributed by atoms with E-state index in [2.05, 4.69) is 26.0 Å². The summed E-state index contributed by atoms with van der Waals surface area (Å²) >= 11 is 0. The van der Waals surface area contributed by atoms with Gasteiger partial charge in [0.05, 0.1) is 6.07 Å². The maximum atomic E-state index is 8.65. The summed E-state index contributed by atoms with van der Waals surface area (Å²) in [5.74, 6) is 1.14. The van der Waals surface area contributed by atoms with Gasteiger partial charge >= 0.3 is 0 Å². The van der Waals surface area contributed by atoms with E-state index >= 15 is 0 Å². The molecule has 2 unspecified atom stereocenters. The molecule has 1 rings (SSSR count). The number of hydrogen-bond donors (Lipinski definition) is 0. The van der Waals surface area contributed by atoms with Crippen LogP contribution in [0.15, 0.2) is 23.8 Å². The van der Waals surface area contributed by atoms with E-state index in [1.165, 1.54) is 0 Å². The Morgan fingerprint density at radius 1 is 1.31 bits per heavy atom. The van der Waals surface area contributed by atoms with Gasteiger partial charge in [-0.3, -0.25) is 0 Å². The average molecular weight is 177 g/mol. The number of allylic oxidation sites excluding steroid dienone is 4. The topological polar surface area (TPSA) is 23.8 Å². The highest BCUT2D eigenvalue weighted by molar-refractivity contribution is 5.34. The fraction of sp³-hybridized carbons (Fsp3) is 0.583. The second kappa shape index (κ2) is 6.48. The molecule has 0 aromatic carbocycles. The molecule has 0 fully saturated rings. The SMILES string of the molecule is CC.CC1C=CC(C#N)=CC(C)C1. The first-order chi connectivity index (χ1) is 6.22. The van der Waals surface area contributed by atoms with E-state index in [0.717, 1.165) is 12.0 Å². The molecule has 13 heavy (non-hydrogen) atoms. The molecule has 0 spiro atoms. The van der Waals surface area contributed by atoms with Crippen LogP contribution in [-0.4, -0.2) is 0 Å². The first-order valence-electron chi connectivity index (χ1n) is 5.02. The van der Waals surface area contributed by atoms with Crippen LogP contribution in [0.2, 0.25) is 0 Å². The monoisotopic (exact) mass is 177 g/mol. The number of rotatable bonds is 0. The lowest BCUT2D eigenvalue weighted by atomic mass is 9.99. The fourth-order valence-corrected chi connectivity index (χ4v) is 1.44. The van der Waals surface area contributed by atoms with Crippen LogP contribution in [0, 0.1) is 23.2 Å². The molecule has 1 heteroatoms. The number of hydrogen-bond acceptors (Lipinski definition) is 1. The van der Waals surface area contributed by atoms with Gasteiger partial charge in [-0.25, -0.2) is 0 Å². The van der Waals surface area contributed by atoms with Crippen molar-refractivity contribution in [2.24, 2.45) is 11.8 Å². The van der Waals surface area contributed by atoms with E-state index in [4.69, 9.17) is 5.26 Å². The van der Waals surface area contributed by atoms with Crippen molar-refractivity contribution in [2.75, 3.05) is 0 Å². The Kier molecular flexibility index (Phi) is 5.97. The van der Waals surface area contributed by atoms with Crippen molar-refractivity contribution in [3.05, 3.63) is 23.8 Å². The van der Waals surface area contributed by atoms with Gasteiger partial charge in [-0.15, -0.1) is 0 Å². The minimum absolute atomic E-state index is 0.537. The normalized spacial score (nSPS) is 26.2. The fourth-order valence-electron chi connectivity index (χ4n) is 1.44. The molecule has 0 amide bonds. The number of nitriles is 1. The lowest BCUT2D eigenvalue weighted by Crippen LogP contribution is -1.95. The van der Waals surface area contributed by atoms with Gasteiger partial charge in [-0.05, 0) is 24.3 Å². The molecule has 0 saturated carbocycles. The van der Waals surface area contributed by atoms with Crippen LogP contribution in [0.5, 0.6) is 0 Å². The van der Waals surface area contributed by atoms with Gasteiger partial charge in [0, 0.05) is 5.57 Å². The highest BCUT2D eigenvalue weighted by atomic mass is 14.2. The molecular formula is C12H19N. The van der Waals surface area contributed by atoms with Crippen LogP contribution < -0.4 is 0 Å². The molecule has 0 aromatic rings. The summed E-state index contributed by atoms with van der Waals surface area (Å²) in [6.07, 6.45) is 7.23. The van der Waals surface area contributed by atoms with Crippen molar-refractivity contribution in [1.29, 1.82) is 5.26 Å². The summed E-state index contributed by atoms with van der Waals surface area (Å²) in [5.41, 5.74) is 0.807. The zero-order valence-electron chi connectivity index (χ0n) is 9.04. The molecular weight excluding hydrogens is 158 g/mol. The maximum absolute atomic E-state index is 8.65. The molecule has 0 aromatic heterocycles. The average Bonchev–Trinajstić information content (AvgIpc) is 2.30. The van der Waals surface area contributed by atoms with Gasteiger partial charge < -0.3 is 0 Å². The molecule has 0 aliphatic heterocycles. The van der Waals surface area contributed by atoms with Crippen molar-refractivity contribution < 1.29 is 0 Å². The maximum Gasteiger partial charge on any atom is 0.0988 e. The van der Waals surface area contributed by atoms with Crippen LogP contribution in [0.3, 0.4) is 0 Å². The summed E-state index contributed by atoms with van der Waals surface area (Å²) in [4.78, 5) is 0. The minimum atomic E-state index is 0.537. The van der Waals surface area contributed by atoms with E-state index in [0.29, 0.717) is 11.8 Å². The first-order valence-corrected chi connectivity index (χ1v) is 5.02. The third kappa shape index (κ3) is 4.52. The molecule has 0 heterocycles. The standard InChI is InChI=1S/C10H13N.C2H6/c1-8-3-4-10(7-11)6-9(2)5-8;1-2/h3-4,6,8-9H,5H2,1-2H3;1-2H3. The molecule has 1 nitrogen and oxygen atoms in total. The highest BCUT2D eigenvalue weighted by Gasteiger charge is 2.08. The highest BCUT2D eigenvalue weighted by Crippen LogP contribution is 2.20. The van der Waals surface area contributed by atoms with Crippen LogP contribution in [0.25, 0.3) is 0 Å². The molecule has 2 atom stereocenters. The van der Waals surface area contributed by atoms with Crippen molar-refractivity contribution in [2.45, 2.75) is 34.1 Å². The van der Waals surface area contributed by atoms with E-state index in [9.17, 15) is 0 Å². The molecule has 1 aliphatic carbocycles. The second-order valence-electron chi connectivity index (χ2n) is 3.28. The zero-order valence-corrected chi connectivity index (χ0v) is 9.04. The quantitative estimate of drug-likeness (QED) is 0.553. The van der Waals surface area contributed by atoms with Crippen molar-refractivity contribution >= 4 is 0 Å². The Hall–Kier alpha value is -1.03. The van der Waals surface area contributed by atoms with E-state index < -0.39 is 0 Å². The molecule has 0 radical (unpaired) electrons. The Balaban J connectivity index is 0.000000671. The van der Waals surface area contributed by atoms with E-state index in [1.54, 1.807) is 0 Å². The van der Waals surface area contributed by atoms with E-state index in [1.807, 2.05) is 26.0 Å². The molecule has 72 valence electrons. The summed E-state index contributed by atoms with van der Waals surface area (Å²) in [6.45, 7) is 8.34. The van der Waals surface area contributed by atoms with Gasteiger partial charge in [-0.1, -0.05) is 39.8 Å². The van der Waals surface area contributed by atoms with Crippen molar-refractivity contribution in [1.82, 2.24) is 0 Å². The van der Waals surface area contributed by atoms with Crippen LogP contribution in [0.4, 0.5) is 0 Å².